The normalized spacial score (nSPS) is 11.6. The summed E-state index contributed by atoms with van der Waals surface area (Å²) in [5, 5.41) is 4.60. The van der Waals surface area contributed by atoms with Crippen molar-refractivity contribution in [3.63, 3.8) is 0 Å². The minimum atomic E-state index is -0.303. The summed E-state index contributed by atoms with van der Waals surface area (Å²) in [7, 11) is 1.61. The third-order valence-electron chi connectivity index (χ3n) is 5.60. The summed E-state index contributed by atoms with van der Waals surface area (Å²) in [6.45, 7) is 2.41. The quantitative estimate of drug-likeness (QED) is 0.168. The van der Waals surface area contributed by atoms with Gasteiger partial charge >= 0.3 is 5.97 Å². The van der Waals surface area contributed by atoms with Crippen molar-refractivity contribution < 1.29 is 19.0 Å². The van der Waals surface area contributed by atoms with Crippen molar-refractivity contribution >= 4 is 33.1 Å². The van der Waals surface area contributed by atoms with Crippen LogP contribution in [0.4, 0.5) is 0 Å². The number of rotatable bonds is 9. The third kappa shape index (κ3) is 5.79. The van der Waals surface area contributed by atoms with Gasteiger partial charge in [-0.25, -0.2) is 4.79 Å². The van der Waals surface area contributed by atoms with Crippen LogP contribution in [0, 0.1) is 0 Å². The van der Waals surface area contributed by atoms with Gasteiger partial charge in [-0.2, -0.15) is 0 Å². The zero-order chi connectivity index (χ0) is 23.0. The summed E-state index contributed by atoms with van der Waals surface area (Å²) < 4.78 is 15.7. The Morgan fingerprint density at radius 2 is 1.58 bits per heavy atom. The van der Waals surface area contributed by atoms with Crippen LogP contribution < -0.4 is 4.74 Å². The van der Waals surface area contributed by atoms with Crippen molar-refractivity contribution in [2.24, 2.45) is 0 Å². The van der Waals surface area contributed by atoms with Crippen LogP contribution in [0.2, 0.25) is 0 Å². The Bertz CT molecular complexity index is 1290. The highest BCUT2D eigenvalue weighted by Crippen LogP contribution is 2.27. The van der Waals surface area contributed by atoms with E-state index >= 15 is 0 Å². The summed E-state index contributed by atoms with van der Waals surface area (Å²) in [6, 6.07) is 27.0. The molecular formula is C29H28O4. The van der Waals surface area contributed by atoms with E-state index in [-0.39, 0.29) is 12.8 Å². The van der Waals surface area contributed by atoms with Crippen molar-refractivity contribution in [1.29, 1.82) is 0 Å². The molecule has 0 amide bonds. The molecule has 4 aromatic carbocycles. The molecule has 0 aromatic heterocycles. The second kappa shape index (κ2) is 10.8. The third-order valence-corrected chi connectivity index (χ3v) is 5.60. The van der Waals surface area contributed by atoms with Crippen LogP contribution in [0.1, 0.15) is 24.5 Å². The van der Waals surface area contributed by atoms with Crippen LogP contribution in [0.25, 0.3) is 27.1 Å². The lowest BCUT2D eigenvalue weighted by Crippen LogP contribution is -2.02. The number of benzene rings is 4. The highest BCUT2D eigenvalue weighted by molar-refractivity contribution is 5.94. The Labute approximate surface area is 194 Å². The van der Waals surface area contributed by atoms with Gasteiger partial charge in [-0.3, -0.25) is 0 Å². The Morgan fingerprint density at radius 1 is 0.848 bits per heavy atom. The molecule has 0 spiro atoms. The molecule has 0 bridgehead atoms. The Hall–Kier alpha value is -3.63. The number of hydrogen-bond donors (Lipinski definition) is 0. The lowest BCUT2D eigenvalue weighted by molar-refractivity contribution is -0.137. The number of carbonyl (C=O) groups is 1. The van der Waals surface area contributed by atoms with Gasteiger partial charge in [-0.1, -0.05) is 60.7 Å². The summed E-state index contributed by atoms with van der Waals surface area (Å²) in [4.78, 5) is 12.3. The van der Waals surface area contributed by atoms with E-state index in [1.165, 1.54) is 10.9 Å². The molecule has 0 radical (unpaired) electrons. The highest BCUT2D eigenvalue weighted by atomic mass is 16.7. The first kappa shape index (κ1) is 22.6. The number of aryl methyl sites for hydroxylation is 1. The molecule has 0 heterocycles. The predicted octanol–water partition coefficient (Wildman–Crippen LogP) is 6.56. The number of fused-ring (bicyclic) bond motifs is 2. The smallest absolute Gasteiger partial charge is 0.331 e. The van der Waals surface area contributed by atoms with Gasteiger partial charge < -0.3 is 14.2 Å². The molecule has 0 saturated carbocycles. The van der Waals surface area contributed by atoms with Crippen LogP contribution in [-0.4, -0.2) is 26.5 Å². The minimum Gasteiger partial charge on any atom is -0.468 e. The molecule has 0 aliphatic rings. The molecule has 33 heavy (non-hydrogen) atoms. The van der Waals surface area contributed by atoms with Crippen molar-refractivity contribution in [3.05, 3.63) is 96.1 Å². The van der Waals surface area contributed by atoms with E-state index in [1.54, 1.807) is 13.2 Å². The number of methoxy groups -OCH3 is 1. The molecule has 4 nitrogen and oxygen atoms in total. The first-order chi connectivity index (χ1) is 16.2. The molecular weight excluding hydrogens is 412 g/mol. The average Bonchev–Trinajstić information content (AvgIpc) is 2.85. The molecule has 0 unspecified atom stereocenters. The maximum absolute atomic E-state index is 12.3. The van der Waals surface area contributed by atoms with Gasteiger partial charge in [0.05, 0.1) is 6.61 Å². The van der Waals surface area contributed by atoms with Crippen LogP contribution in [0.15, 0.2) is 84.9 Å². The van der Waals surface area contributed by atoms with Gasteiger partial charge in [-0.15, -0.1) is 0 Å². The Morgan fingerprint density at radius 3 is 2.39 bits per heavy atom. The first-order valence-corrected chi connectivity index (χ1v) is 11.2. The second-order valence-electron chi connectivity index (χ2n) is 7.88. The molecule has 4 rings (SSSR count). The van der Waals surface area contributed by atoms with E-state index in [1.807, 2.05) is 31.2 Å². The van der Waals surface area contributed by atoms with Crippen molar-refractivity contribution in [1.82, 2.24) is 0 Å². The van der Waals surface area contributed by atoms with Gasteiger partial charge in [0.25, 0.3) is 0 Å². The lowest BCUT2D eigenvalue weighted by Gasteiger charge is -2.11. The van der Waals surface area contributed by atoms with E-state index in [2.05, 4.69) is 54.6 Å². The predicted molar refractivity (Wildman–Crippen MR) is 133 cm³/mol. The fourth-order valence-corrected chi connectivity index (χ4v) is 3.94. The van der Waals surface area contributed by atoms with E-state index < -0.39 is 0 Å². The van der Waals surface area contributed by atoms with Crippen LogP contribution in [0.5, 0.6) is 5.75 Å². The summed E-state index contributed by atoms with van der Waals surface area (Å²) in [5.74, 6) is 0.482. The Balaban J connectivity index is 1.57. The van der Waals surface area contributed by atoms with Gasteiger partial charge in [0.2, 0.25) is 0 Å². The number of carbonyl (C=O) groups excluding carboxylic acids is 1. The molecule has 0 atom stereocenters. The van der Waals surface area contributed by atoms with Crippen LogP contribution in [0.3, 0.4) is 0 Å². The molecule has 0 fully saturated rings. The number of allylic oxidation sites excluding steroid dienone is 1. The van der Waals surface area contributed by atoms with Crippen molar-refractivity contribution in [3.8, 4) is 5.75 Å². The topological polar surface area (TPSA) is 44.8 Å². The average molecular weight is 441 g/mol. The van der Waals surface area contributed by atoms with Gasteiger partial charge in [-0.05, 0) is 76.2 Å². The fourth-order valence-electron chi connectivity index (χ4n) is 3.94. The molecule has 0 saturated heterocycles. The first-order valence-electron chi connectivity index (χ1n) is 11.2. The largest absolute Gasteiger partial charge is 0.468 e. The summed E-state index contributed by atoms with van der Waals surface area (Å²) in [6.07, 6.45) is 3.18. The molecule has 4 aromatic rings. The summed E-state index contributed by atoms with van der Waals surface area (Å²) in [5.41, 5.74) is 3.23. The summed E-state index contributed by atoms with van der Waals surface area (Å²) >= 11 is 0. The molecule has 4 heteroatoms. The standard InChI is InChI=1S/C29H28O4/c1-3-32-29(30)19-27(25-13-12-22-6-4-5-7-23(22)17-25)11-9-21-8-10-26-18-28(33-20-31-2)15-14-24(26)16-21/h4-8,10,12-19H,3,9,11,20H2,1-2H3/b27-19-. The monoisotopic (exact) mass is 440 g/mol. The van der Waals surface area contributed by atoms with E-state index in [0.717, 1.165) is 45.9 Å². The number of hydrogen-bond acceptors (Lipinski definition) is 4. The van der Waals surface area contributed by atoms with E-state index in [9.17, 15) is 4.79 Å². The molecule has 0 aliphatic carbocycles. The molecule has 0 N–H and O–H groups in total. The second-order valence-corrected chi connectivity index (χ2v) is 7.88. The lowest BCUT2D eigenvalue weighted by atomic mass is 9.95. The highest BCUT2D eigenvalue weighted by Gasteiger charge is 2.09. The van der Waals surface area contributed by atoms with Gasteiger partial charge in [0, 0.05) is 13.2 Å². The maximum Gasteiger partial charge on any atom is 0.331 e. The van der Waals surface area contributed by atoms with Crippen molar-refractivity contribution in [2.45, 2.75) is 19.8 Å². The van der Waals surface area contributed by atoms with Gasteiger partial charge in [0.15, 0.2) is 6.79 Å². The molecule has 168 valence electrons. The zero-order valence-electron chi connectivity index (χ0n) is 19.0. The van der Waals surface area contributed by atoms with Crippen molar-refractivity contribution in [2.75, 3.05) is 20.5 Å². The van der Waals surface area contributed by atoms with E-state index in [4.69, 9.17) is 14.2 Å². The number of esters is 1. The SMILES string of the molecule is CCOC(=O)/C=C(/CCc1ccc2cc(OCOC)ccc2c1)c1ccc2ccccc2c1. The minimum absolute atomic E-state index is 0.230. The van der Waals surface area contributed by atoms with Crippen LogP contribution >= 0.6 is 0 Å². The van der Waals surface area contributed by atoms with E-state index in [0.29, 0.717) is 6.61 Å². The van der Waals surface area contributed by atoms with Crippen LogP contribution in [-0.2, 0) is 20.7 Å². The fraction of sp³-hybridized carbons (Fsp3) is 0.207. The maximum atomic E-state index is 12.3. The molecule has 0 aliphatic heterocycles. The Kier molecular flexibility index (Phi) is 7.38. The number of ether oxygens (including phenoxy) is 3. The zero-order valence-corrected chi connectivity index (χ0v) is 19.0. The van der Waals surface area contributed by atoms with Gasteiger partial charge in [0.1, 0.15) is 5.75 Å².